The number of carbonyl (C=O) groups excluding carboxylic acids is 5. The molecule has 11 nitrogen and oxygen atoms in total. The molecule has 0 aromatic rings. The van der Waals surface area contributed by atoms with Crippen molar-refractivity contribution in [3.63, 3.8) is 0 Å². The molecule has 1 fully saturated rings. The van der Waals surface area contributed by atoms with Crippen LogP contribution >= 0.6 is 0 Å². The molecule has 0 N–H and O–H groups in total. The Morgan fingerprint density at radius 2 is 1.07 bits per heavy atom. The van der Waals surface area contributed by atoms with Crippen LogP contribution in [0.5, 0.6) is 0 Å². The van der Waals surface area contributed by atoms with Gasteiger partial charge in [0.25, 0.3) is 0 Å². The molecule has 5 atom stereocenters. The lowest BCUT2D eigenvalue weighted by Crippen LogP contribution is -2.63. The summed E-state index contributed by atoms with van der Waals surface area (Å²) in [5.41, 5.74) is 0. The normalized spacial score (nSPS) is 27.1. The summed E-state index contributed by atoms with van der Waals surface area (Å²) in [6.45, 7) is 5.13. The van der Waals surface area contributed by atoms with E-state index in [0.29, 0.717) is 0 Å². The van der Waals surface area contributed by atoms with Gasteiger partial charge in [0.2, 0.25) is 12.4 Å². The van der Waals surface area contributed by atoms with Crippen molar-refractivity contribution in [1.29, 1.82) is 0 Å². The van der Waals surface area contributed by atoms with E-state index in [1.165, 1.54) is 0 Å². The summed E-state index contributed by atoms with van der Waals surface area (Å²) in [7, 11) is 0. The molecule has 0 radical (unpaired) electrons. The Hall–Kier alpha value is -2.69. The van der Waals surface area contributed by atoms with E-state index in [0.717, 1.165) is 34.6 Å². The van der Waals surface area contributed by atoms with Crippen molar-refractivity contribution in [3.05, 3.63) is 0 Å². The fraction of sp³-hybridized carbons (Fsp3) is 0.688. The molecule has 0 saturated carbocycles. The highest BCUT2D eigenvalue weighted by atomic mass is 16.7. The Morgan fingerprint density at radius 1 is 0.630 bits per heavy atom. The summed E-state index contributed by atoms with van der Waals surface area (Å²) < 4.78 is 30.8. The van der Waals surface area contributed by atoms with E-state index in [9.17, 15) is 24.0 Å². The van der Waals surface area contributed by atoms with Crippen LogP contribution < -0.4 is 0 Å². The summed E-state index contributed by atoms with van der Waals surface area (Å²) in [6.07, 6.45) is -6.70. The summed E-state index contributed by atoms with van der Waals surface area (Å²) in [5, 5.41) is 0. The third-order valence-electron chi connectivity index (χ3n) is 3.23. The van der Waals surface area contributed by atoms with Crippen LogP contribution in [-0.4, -0.2) is 67.2 Å². The Bertz CT molecular complexity index is 599. The molecular weight excluding hydrogens is 368 g/mol. The number of hydrogen-bond acceptors (Lipinski definition) is 11. The molecular formula is C16H22O11. The lowest BCUT2D eigenvalue weighted by Gasteiger charge is -2.43. The van der Waals surface area contributed by atoms with E-state index < -0.39 is 67.2 Å². The fourth-order valence-corrected chi connectivity index (χ4v) is 2.45. The molecule has 1 heterocycles. The van der Waals surface area contributed by atoms with Gasteiger partial charge in [-0.05, 0) is 0 Å². The van der Waals surface area contributed by atoms with Gasteiger partial charge in [-0.2, -0.15) is 0 Å². The first-order valence-corrected chi connectivity index (χ1v) is 7.99. The highest BCUT2D eigenvalue weighted by Crippen LogP contribution is 2.29. The van der Waals surface area contributed by atoms with Gasteiger partial charge in [-0.3, -0.25) is 24.0 Å². The number of esters is 5. The molecule has 1 aliphatic rings. The van der Waals surface area contributed by atoms with Crippen LogP contribution in [0.4, 0.5) is 0 Å². The number of ether oxygens (including phenoxy) is 6. The molecule has 0 spiro atoms. The molecule has 0 aliphatic carbocycles. The second-order valence-electron chi connectivity index (χ2n) is 5.68. The van der Waals surface area contributed by atoms with Crippen LogP contribution in [0.1, 0.15) is 34.6 Å². The van der Waals surface area contributed by atoms with Crippen LogP contribution in [0.25, 0.3) is 0 Å². The van der Waals surface area contributed by atoms with Gasteiger partial charge in [0, 0.05) is 34.6 Å². The van der Waals surface area contributed by atoms with Crippen molar-refractivity contribution in [2.45, 2.75) is 65.3 Å². The highest BCUT2D eigenvalue weighted by molar-refractivity contribution is 5.69. The molecule has 1 saturated heterocycles. The van der Waals surface area contributed by atoms with E-state index in [4.69, 9.17) is 28.4 Å². The summed E-state index contributed by atoms with van der Waals surface area (Å²) >= 11 is 0. The smallest absolute Gasteiger partial charge is 0.305 e. The van der Waals surface area contributed by atoms with Crippen molar-refractivity contribution in [2.24, 2.45) is 0 Å². The quantitative estimate of drug-likeness (QED) is 0.433. The monoisotopic (exact) mass is 390 g/mol. The minimum absolute atomic E-state index is 0.393. The van der Waals surface area contributed by atoms with Crippen molar-refractivity contribution in [3.8, 4) is 0 Å². The molecule has 1 rings (SSSR count). The molecule has 0 unspecified atom stereocenters. The maximum atomic E-state index is 11.5. The Morgan fingerprint density at radius 3 is 1.52 bits per heavy atom. The largest absolute Gasteiger partial charge is 0.463 e. The molecule has 0 amide bonds. The lowest BCUT2D eigenvalue weighted by molar-refractivity contribution is -0.300. The summed E-state index contributed by atoms with van der Waals surface area (Å²) in [4.78, 5) is 57.0. The minimum atomic E-state index is -1.48. The number of carbonyl (C=O) groups is 5. The standard InChI is InChI=1S/C16H22O11/c1-7(17)22-6-12-13(23-8(2)18)14(24-9(3)19)15(25-10(4)20)16(27-12)26-11(5)21/h12-16H,6H2,1-5H3/t12-,13+,14+,15+,16+/m1/s1. The topological polar surface area (TPSA) is 141 Å². The van der Waals surface area contributed by atoms with Gasteiger partial charge in [-0.1, -0.05) is 0 Å². The molecule has 152 valence electrons. The zero-order chi connectivity index (χ0) is 20.7. The van der Waals surface area contributed by atoms with Gasteiger partial charge >= 0.3 is 29.8 Å². The third kappa shape index (κ3) is 7.21. The molecule has 0 aromatic heterocycles. The first kappa shape index (κ1) is 22.4. The Balaban J connectivity index is 3.29. The Kier molecular flexibility index (Phi) is 8.16. The van der Waals surface area contributed by atoms with Crippen LogP contribution in [-0.2, 0) is 52.4 Å². The fourth-order valence-electron chi connectivity index (χ4n) is 2.45. The third-order valence-corrected chi connectivity index (χ3v) is 3.23. The Labute approximate surface area is 155 Å². The van der Waals surface area contributed by atoms with Gasteiger partial charge in [-0.15, -0.1) is 0 Å². The predicted molar refractivity (Wildman–Crippen MR) is 83.7 cm³/mol. The van der Waals surface area contributed by atoms with Crippen molar-refractivity contribution < 1.29 is 52.4 Å². The van der Waals surface area contributed by atoms with E-state index in [1.54, 1.807) is 0 Å². The number of rotatable bonds is 6. The average molecular weight is 390 g/mol. The summed E-state index contributed by atoms with van der Waals surface area (Å²) in [6, 6.07) is 0. The maximum Gasteiger partial charge on any atom is 0.305 e. The SMILES string of the molecule is CC(=O)OC[C@H]1O[C@H](OC(C)=O)[C@@H](OC(C)=O)[C@@H](OC(C)=O)[C@H]1OC(C)=O. The van der Waals surface area contributed by atoms with E-state index >= 15 is 0 Å². The van der Waals surface area contributed by atoms with Crippen LogP contribution in [0.2, 0.25) is 0 Å². The van der Waals surface area contributed by atoms with Crippen molar-refractivity contribution >= 4 is 29.8 Å². The second-order valence-corrected chi connectivity index (χ2v) is 5.68. The van der Waals surface area contributed by atoms with Gasteiger partial charge in [-0.25, -0.2) is 0 Å². The first-order chi connectivity index (χ1) is 12.5. The van der Waals surface area contributed by atoms with Crippen molar-refractivity contribution in [1.82, 2.24) is 0 Å². The minimum Gasteiger partial charge on any atom is -0.463 e. The zero-order valence-corrected chi connectivity index (χ0v) is 15.6. The molecule has 0 aromatic carbocycles. The van der Waals surface area contributed by atoms with E-state index in [1.807, 2.05) is 0 Å². The molecule has 0 bridgehead atoms. The predicted octanol–water partition coefficient (Wildman–Crippen LogP) is -0.367. The molecule has 27 heavy (non-hydrogen) atoms. The maximum absolute atomic E-state index is 11.5. The first-order valence-electron chi connectivity index (χ1n) is 7.99. The zero-order valence-electron chi connectivity index (χ0n) is 15.6. The van der Waals surface area contributed by atoms with Crippen LogP contribution in [0.15, 0.2) is 0 Å². The van der Waals surface area contributed by atoms with Gasteiger partial charge in [0.1, 0.15) is 12.7 Å². The average Bonchev–Trinajstić information content (AvgIpc) is 2.49. The number of hydrogen-bond donors (Lipinski definition) is 0. The molecule has 1 aliphatic heterocycles. The van der Waals surface area contributed by atoms with E-state index in [2.05, 4.69) is 0 Å². The molecule has 11 heteroatoms. The van der Waals surface area contributed by atoms with Gasteiger partial charge in [0.15, 0.2) is 12.2 Å². The van der Waals surface area contributed by atoms with Crippen molar-refractivity contribution in [2.75, 3.05) is 6.61 Å². The second kappa shape index (κ2) is 9.86. The van der Waals surface area contributed by atoms with Gasteiger partial charge < -0.3 is 28.4 Å². The highest BCUT2D eigenvalue weighted by Gasteiger charge is 2.53. The lowest BCUT2D eigenvalue weighted by atomic mass is 9.98. The van der Waals surface area contributed by atoms with E-state index in [-0.39, 0.29) is 0 Å². The van der Waals surface area contributed by atoms with Crippen LogP contribution in [0.3, 0.4) is 0 Å². The van der Waals surface area contributed by atoms with Gasteiger partial charge in [0.05, 0.1) is 0 Å². The van der Waals surface area contributed by atoms with Crippen LogP contribution in [0, 0.1) is 0 Å². The summed E-state index contributed by atoms with van der Waals surface area (Å²) in [5.74, 6) is -3.71.